The zero-order valence-corrected chi connectivity index (χ0v) is 15.9. The van der Waals surface area contributed by atoms with Gasteiger partial charge in [0.2, 0.25) is 11.8 Å². The molecule has 0 bridgehead atoms. The molecule has 0 aliphatic rings. The molecule has 2 rings (SSSR count). The maximum absolute atomic E-state index is 12.5. The summed E-state index contributed by atoms with van der Waals surface area (Å²) in [6.07, 6.45) is 1.92. The lowest BCUT2D eigenvalue weighted by Crippen LogP contribution is -2.38. The van der Waals surface area contributed by atoms with Crippen molar-refractivity contribution in [2.24, 2.45) is 0 Å². The van der Waals surface area contributed by atoms with Gasteiger partial charge in [0.05, 0.1) is 12.2 Å². The first-order valence-electron chi connectivity index (χ1n) is 8.55. The fraction of sp³-hybridized carbons (Fsp3) is 0.421. The first-order chi connectivity index (χ1) is 12.0. The molecule has 0 fully saturated rings. The van der Waals surface area contributed by atoms with Gasteiger partial charge in [-0.3, -0.25) is 9.59 Å². The van der Waals surface area contributed by atoms with Crippen molar-refractivity contribution in [3.63, 3.8) is 0 Å². The minimum absolute atomic E-state index is 0.00681. The van der Waals surface area contributed by atoms with E-state index in [0.717, 1.165) is 22.6 Å². The Bertz CT molecular complexity index is 693. The predicted molar refractivity (Wildman–Crippen MR) is 102 cm³/mol. The molecule has 134 valence electrons. The predicted octanol–water partition coefficient (Wildman–Crippen LogP) is 3.57. The maximum Gasteiger partial charge on any atom is 0.245 e. The Morgan fingerprint density at radius 3 is 2.52 bits per heavy atom. The Morgan fingerprint density at radius 1 is 1.20 bits per heavy atom. The van der Waals surface area contributed by atoms with E-state index in [9.17, 15) is 9.59 Å². The molecule has 0 radical (unpaired) electrons. The first kappa shape index (κ1) is 19.1. The van der Waals surface area contributed by atoms with Gasteiger partial charge < -0.3 is 10.2 Å². The van der Waals surface area contributed by atoms with Gasteiger partial charge in [0.1, 0.15) is 0 Å². The van der Waals surface area contributed by atoms with Crippen LogP contribution in [-0.4, -0.2) is 34.8 Å². The van der Waals surface area contributed by atoms with E-state index in [0.29, 0.717) is 24.5 Å². The van der Waals surface area contributed by atoms with Crippen molar-refractivity contribution in [1.82, 2.24) is 9.88 Å². The van der Waals surface area contributed by atoms with Gasteiger partial charge in [-0.05, 0) is 32.3 Å². The SMILES string of the molecule is CCCN(CC(=O)Nc1nc(C)c(C)s1)C(=O)CCc1ccccc1. The maximum atomic E-state index is 12.5. The zero-order chi connectivity index (χ0) is 18.2. The van der Waals surface area contributed by atoms with Crippen LogP contribution in [0.15, 0.2) is 30.3 Å². The summed E-state index contributed by atoms with van der Waals surface area (Å²) < 4.78 is 0. The van der Waals surface area contributed by atoms with E-state index < -0.39 is 0 Å². The van der Waals surface area contributed by atoms with Crippen LogP contribution in [0.25, 0.3) is 0 Å². The highest BCUT2D eigenvalue weighted by Crippen LogP contribution is 2.21. The number of thiazole rings is 1. The molecule has 0 atom stereocenters. The summed E-state index contributed by atoms with van der Waals surface area (Å²) in [6, 6.07) is 9.92. The molecular weight excluding hydrogens is 334 g/mol. The minimum atomic E-state index is -0.199. The molecule has 2 amide bonds. The summed E-state index contributed by atoms with van der Waals surface area (Å²) in [5, 5.41) is 3.39. The molecule has 1 heterocycles. The number of hydrogen-bond acceptors (Lipinski definition) is 4. The number of rotatable bonds is 8. The Hall–Kier alpha value is -2.21. The quantitative estimate of drug-likeness (QED) is 0.784. The molecular formula is C19H25N3O2S. The highest BCUT2D eigenvalue weighted by atomic mass is 32.1. The molecule has 1 N–H and O–H groups in total. The van der Waals surface area contributed by atoms with Crippen molar-refractivity contribution in [3.8, 4) is 0 Å². The van der Waals surface area contributed by atoms with Crippen molar-refractivity contribution < 1.29 is 9.59 Å². The number of hydrogen-bond donors (Lipinski definition) is 1. The fourth-order valence-electron chi connectivity index (χ4n) is 2.47. The van der Waals surface area contributed by atoms with Crippen LogP contribution in [0.1, 0.15) is 35.9 Å². The van der Waals surface area contributed by atoms with Crippen molar-refractivity contribution in [2.45, 2.75) is 40.0 Å². The third-order valence-electron chi connectivity index (χ3n) is 3.93. The largest absolute Gasteiger partial charge is 0.333 e. The van der Waals surface area contributed by atoms with Gasteiger partial charge in [0, 0.05) is 17.8 Å². The summed E-state index contributed by atoms with van der Waals surface area (Å²) >= 11 is 1.45. The van der Waals surface area contributed by atoms with Crippen LogP contribution >= 0.6 is 11.3 Å². The number of amides is 2. The number of anilines is 1. The molecule has 6 heteroatoms. The molecule has 0 saturated heterocycles. The smallest absolute Gasteiger partial charge is 0.245 e. The Morgan fingerprint density at radius 2 is 1.92 bits per heavy atom. The highest BCUT2D eigenvalue weighted by Gasteiger charge is 2.17. The van der Waals surface area contributed by atoms with Crippen LogP contribution < -0.4 is 5.32 Å². The molecule has 0 spiro atoms. The van der Waals surface area contributed by atoms with E-state index in [-0.39, 0.29) is 18.4 Å². The topological polar surface area (TPSA) is 62.3 Å². The van der Waals surface area contributed by atoms with E-state index in [1.165, 1.54) is 11.3 Å². The average molecular weight is 359 g/mol. The monoisotopic (exact) mass is 359 g/mol. The summed E-state index contributed by atoms with van der Waals surface area (Å²) in [5.41, 5.74) is 2.05. The minimum Gasteiger partial charge on any atom is -0.333 e. The van der Waals surface area contributed by atoms with Crippen LogP contribution in [0.2, 0.25) is 0 Å². The third kappa shape index (κ3) is 5.98. The first-order valence-corrected chi connectivity index (χ1v) is 9.36. The zero-order valence-electron chi connectivity index (χ0n) is 15.0. The molecule has 0 aliphatic heterocycles. The van der Waals surface area contributed by atoms with Crippen LogP contribution in [0.4, 0.5) is 5.13 Å². The summed E-state index contributed by atoms with van der Waals surface area (Å²) in [7, 11) is 0. The number of benzene rings is 1. The molecule has 0 unspecified atom stereocenters. The molecule has 0 aliphatic carbocycles. The number of aryl methyl sites for hydroxylation is 3. The number of aromatic nitrogens is 1. The van der Waals surface area contributed by atoms with E-state index >= 15 is 0 Å². The van der Waals surface area contributed by atoms with Gasteiger partial charge in [-0.15, -0.1) is 11.3 Å². The summed E-state index contributed by atoms with van der Waals surface area (Å²) in [4.78, 5) is 31.8. The number of carbonyl (C=O) groups excluding carboxylic acids is 2. The normalized spacial score (nSPS) is 10.5. The second kappa shape index (κ2) is 9.32. The van der Waals surface area contributed by atoms with Gasteiger partial charge in [-0.25, -0.2) is 4.98 Å². The van der Waals surface area contributed by atoms with Gasteiger partial charge in [0.15, 0.2) is 5.13 Å². The number of nitrogens with one attached hydrogen (secondary N) is 1. The molecule has 5 nitrogen and oxygen atoms in total. The second-order valence-electron chi connectivity index (χ2n) is 6.01. The standard InChI is InChI=1S/C19H25N3O2S/c1-4-12-22(18(24)11-10-16-8-6-5-7-9-16)13-17(23)21-19-20-14(2)15(3)25-19/h5-9H,4,10-13H2,1-3H3,(H,20,21,23). The summed E-state index contributed by atoms with van der Waals surface area (Å²) in [6.45, 7) is 6.54. The van der Waals surface area contributed by atoms with Crippen molar-refractivity contribution >= 4 is 28.3 Å². The van der Waals surface area contributed by atoms with Gasteiger partial charge in [-0.2, -0.15) is 0 Å². The van der Waals surface area contributed by atoms with E-state index in [2.05, 4.69) is 10.3 Å². The van der Waals surface area contributed by atoms with Crippen LogP contribution in [0.3, 0.4) is 0 Å². The lowest BCUT2D eigenvalue weighted by Gasteiger charge is -2.21. The third-order valence-corrected chi connectivity index (χ3v) is 4.91. The lowest BCUT2D eigenvalue weighted by atomic mass is 10.1. The summed E-state index contributed by atoms with van der Waals surface area (Å²) in [5.74, 6) is -0.192. The Balaban J connectivity index is 1.89. The van der Waals surface area contributed by atoms with Crippen molar-refractivity contribution in [1.29, 1.82) is 0 Å². The van der Waals surface area contributed by atoms with Crippen LogP contribution in [-0.2, 0) is 16.0 Å². The van der Waals surface area contributed by atoms with Gasteiger partial charge in [-0.1, -0.05) is 37.3 Å². The van der Waals surface area contributed by atoms with E-state index in [4.69, 9.17) is 0 Å². The van der Waals surface area contributed by atoms with Crippen LogP contribution in [0, 0.1) is 13.8 Å². The van der Waals surface area contributed by atoms with Gasteiger partial charge in [0.25, 0.3) is 0 Å². The van der Waals surface area contributed by atoms with E-state index in [1.54, 1.807) is 4.90 Å². The van der Waals surface area contributed by atoms with Gasteiger partial charge >= 0.3 is 0 Å². The number of carbonyl (C=O) groups is 2. The molecule has 25 heavy (non-hydrogen) atoms. The van der Waals surface area contributed by atoms with Crippen molar-refractivity contribution in [2.75, 3.05) is 18.4 Å². The molecule has 0 saturated carbocycles. The Labute approximate surface area is 153 Å². The highest BCUT2D eigenvalue weighted by molar-refractivity contribution is 7.15. The lowest BCUT2D eigenvalue weighted by molar-refractivity contribution is -0.134. The molecule has 1 aromatic carbocycles. The number of nitrogens with zero attached hydrogens (tertiary/aromatic N) is 2. The van der Waals surface area contributed by atoms with Crippen LogP contribution in [0.5, 0.6) is 0 Å². The average Bonchev–Trinajstić information content (AvgIpc) is 2.90. The fourth-order valence-corrected chi connectivity index (χ4v) is 3.31. The van der Waals surface area contributed by atoms with Crippen molar-refractivity contribution in [3.05, 3.63) is 46.5 Å². The molecule has 1 aromatic heterocycles. The molecule has 2 aromatic rings. The Kier molecular flexibility index (Phi) is 7.13. The second-order valence-corrected chi connectivity index (χ2v) is 7.21. The van der Waals surface area contributed by atoms with E-state index in [1.807, 2.05) is 51.1 Å².